The van der Waals surface area contributed by atoms with Gasteiger partial charge in [-0.25, -0.2) is 0 Å². The van der Waals surface area contributed by atoms with Gasteiger partial charge in [0.1, 0.15) is 0 Å². The minimum Gasteiger partial charge on any atom is -0.371 e. The summed E-state index contributed by atoms with van der Waals surface area (Å²) < 4.78 is 6.09. The van der Waals surface area contributed by atoms with Crippen LogP contribution in [0.15, 0.2) is 30.3 Å². The van der Waals surface area contributed by atoms with Gasteiger partial charge in [-0.05, 0) is 45.6 Å². The van der Waals surface area contributed by atoms with E-state index in [-0.39, 0.29) is 24.0 Å². The molecule has 2 aromatic rings. The average Bonchev–Trinajstić information content (AvgIpc) is 3.19. The first kappa shape index (κ1) is 17.7. The van der Waals surface area contributed by atoms with Gasteiger partial charge in [0.05, 0.1) is 30.4 Å². The molecule has 0 spiro atoms. The number of nitrogens with zero attached hydrogens (tertiary/aromatic N) is 1. The van der Waals surface area contributed by atoms with Crippen molar-refractivity contribution >= 4 is 5.91 Å². The third-order valence-corrected chi connectivity index (χ3v) is 5.10. The van der Waals surface area contributed by atoms with Gasteiger partial charge in [0, 0.05) is 11.3 Å². The Morgan fingerprint density at radius 3 is 2.76 bits per heavy atom. The monoisotopic (exact) mass is 341 g/mol. The number of hydrogen-bond donors (Lipinski definition) is 2. The molecule has 3 atom stereocenters. The molecule has 0 radical (unpaired) electrons. The maximum absolute atomic E-state index is 12.7. The number of H-pyrrole nitrogens is 1. The highest BCUT2D eigenvalue weighted by molar-refractivity contribution is 5.84. The lowest BCUT2D eigenvalue weighted by atomic mass is 9.98. The number of carbonyl (C=O) groups is 1. The molecular weight excluding hydrogens is 314 g/mol. The minimum absolute atomic E-state index is 0.0489. The second kappa shape index (κ2) is 7.83. The highest BCUT2D eigenvalue weighted by atomic mass is 16.5. The van der Waals surface area contributed by atoms with E-state index in [0.717, 1.165) is 41.8 Å². The van der Waals surface area contributed by atoms with E-state index in [0.29, 0.717) is 6.61 Å². The van der Waals surface area contributed by atoms with Crippen molar-refractivity contribution in [3.05, 3.63) is 52.8 Å². The fraction of sp³-hybridized carbons (Fsp3) is 0.500. The number of aromatic amines is 1. The Morgan fingerprint density at radius 2 is 2.08 bits per heavy atom. The fourth-order valence-corrected chi connectivity index (χ4v) is 3.70. The van der Waals surface area contributed by atoms with Gasteiger partial charge in [-0.1, -0.05) is 30.3 Å². The first-order valence-electron chi connectivity index (χ1n) is 9.03. The van der Waals surface area contributed by atoms with Gasteiger partial charge in [0.25, 0.3) is 0 Å². The number of nitrogens with one attached hydrogen (secondary N) is 2. The van der Waals surface area contributed by atoms with E-state index >= 15 is 0 Å². The molecular formula is C20H27N3O2. The molecule has 5 heteroatoms. The summed E-state index contributed by atoms with van der Waals surface area (Å²) in [6.45, 7) is 6.42. The van der Waals surface area contributed by atoms with Crippen molar-refractivity contribution in [3.8, 4) is 0 Å². The highest BCUT2D eigenvalue weighted by Crippen LogP contribution is 2.26. The van der Waals surface area contributed by atoms with Gasteiger partial charge < -0.3 is 10.1 Å². The molecule has 1 aromatic carbocycles. The average molecular weight is 341 g/mol. The SMILES string of the molecule is Cc1n[nH]c(C)c1[C@H](C)C(=O)N[C@H]1CCC[C@H]1OCc1ccccc1. The third-order valence-electron chi connectivity index (χ3n) is 5.10. The predicted octanol–water partition coefficient (Wildman–Crippen LogP) is 3.38. The summed E-state index contributed by atoms with van der Waals surface area (Å²) in [7, 11) is 0. The van der Waals surface area contributed by atoms with Crippen LogP contribution >= 0.6 is 0 Å². The zero-order chi connectivity index (χ0) is 17.8. The van der Waals surface area contributed by atoms with E-state index in [4.69, 9.17) is 4.74 Å². The Balaban J connectivity index is 1.58. The van der Waals surface area contributed by atoms with Crippen LogP contribution in [-0.4, -0.2) is 28.3 Å². The van der Waals surface area contributed by atoms with Crippen LogP contribution in [0.3, 0.4) is 0 Å². The lowest BCUT2D eigenvalue weighted by Gasteiger charge is -2.23. The number of carbonyl (C=O) groups excluding carboxylic acids is 1. The summed E-state index contributed by atoms with van der Waals surface area (Å²) in [5.41, 5.74) is 4.02. The molecule has 2 N–H and O–H groups in total. The van der Waals surface area contributed by atoms with Crippen LogP contribution in [0.5, 0.6) is 0 Å². The van der Waals surface area contributed by atoms with Crippen molar-refractivity contribution < 1.29 is 9.53 Å². The van der Waals surface area contributed by atoms with Crippen molar-refractivity contribution in [1.82, 2.24) is 15.5 Å². The molecule has 1 aliphatic carbocycles. The molecule has 1 heterocycles. The summed E-state index contributed by atoms with van der Waals surface area (Å²) in [6, 6.07) is 10.3. The van der Waals surface area contributed by atoms with Crippen molar-refractivity contribution in [2.24, 2.45) is 0 Å². The lowest BCUT2D eigenvalue weighted by Crippen LogP contribution is -2.42. The fourth-order valence-electron chi connectivity index (χ4n) is 3.70. The van der Waals surface area contributed by atoms with Crippen LogP contribution in [0, 0.1) is 13.8 Å². The zero-order valence-corrected chi connectivity index (χ0v) is 15.2. The standard InChI is InChI=1S/C20H27N3O2/c1-13(19-14(2)22-23-15(19)3)20(24)21-17-10-7-11-18(17)25-12-16-8-5-4-6-9-16/h4-6,8-9,13,17-18H,7,10-12H2,1-3H3,(H,21,24)(H,22,23)/t13-,17-,18+/m0/s1. The summed E-state index contributed by atoms with van der Waals surface area (Å²) in [6.07, 6.45) is 3.14. The number of rotatable bonds is 6. The largest absolute Gasteiger partial charge is 0.371 e. The van der Waals surface area contributed by atoms with Crippen LogP contribution in [0.2, 0.25) is 0 Å². The Labute approximate surface area is 149 Å². The van der Waals surface area contributed by atoms with Gasteiger partial charge in [0.2, 0.25) is 5.91 Å². The van der Waals surface area contributed by atoms with E-state index < -0.39 is 0 Å². The first-order chi connectivity index (χ1) is 12.1. The van der Waals surface area contributed by atoms with E-state index in [1.165, 1.54) is 0 Å². The molecule has 1 aliphatic rings. The van der Waals surface area contributed by atoms with Crippen LogP contribution in [-0.2, 0) is 16.1 Å². The topological polar surface area (TPSA) is 67.0 Å². The van der Waals surface area contributed by atoms with E-state index in [1.54, 1.807) is 0 Å². The minimum atomic E-state index is -0.214. The number of benzene rings is 1. The smallest absolute Gasteiger partial charge is 0.227 e. The molecule has 1 fully saturated rings. The van der Waals surface area contributed by atoms with Crippen molar-refractivity contribution in [2.45, 2.75) is 64.7 Å². The van der Waals surface area contributed by atoms with Crippen molar-refractivity contribution in [2.75, 3.05) is 0 Å². The Bertz CT molecular complexity index is 691. The summed E-state index contributed by atoms with van der Waals surface area (Å²) >= 11 is 0. The highest BCUT2D eigenvalue weighted by Gasteiger charge is 2.31. The van der Waals surface area contributed by atoms with E-state index in [1.807, 2.05) is 39.0 Å². The molecule has 0 unspecified atom stereocenters. The molecule has 0 saturated heterocycles. The van der Waals surface area contributed by atoms with Crippen LogP contribution < -0.4 is 5.32 Å². The molecule has 3 rings (SSSR count). The van der Waals surface area contributed by atoms with Crippen molar-refractivity contribution in [1.29, 1.82) is 0 Å². The molecule has 134 valence electrons. The van der Waals surface area contributed by atoms with Gasteiger partial charge in [-0.2, -0.15) is 5.10 Å². The Hall–Kier alpha value is -2.14. The lowest BCUT2D eigenvalue weighted by molar-refractivity contribution is -0.124. The van der Waals surface area contributed by atoms with E-state index in [9.17, 15) is 4.79 Å². The quantitative estimate of drug-likeness (QED) is 0.846. The molecule has 5 nitrogen and oxygen atoms in total. The second-order valence-corrected chi connectivity index (χ2v) is 6.95. The number of aryl methyl sites for hydroxylation is 2. The summed E-state index contributed by atoms with van der Waals surface area (Å²) in [5.74, 6) is -0.165. The van der Waals surface area contributed by atoms with Gasteiger partial charge in [0.15, 0.2) is 0 Å². The van der Waals surface area contributed by atoms with E-state index in [2.05, 4.69) is 27.6 Å². The number of aromatic nitrogens is 2. The van der Waals surface area contributed by atoms with Crippen molar-refractivity contribution in [3.63, 3.8) is 0 Å². The molecule has 25 heavy (non-hydrogen) atoms. The van der Waals surface area contributed by atoms with Gasteiger partial charge in [-0.15, -0.1) is 0 Å². The molecule has 1 aromatic heterocycles. The third kappa shape index (κ3) is 4.10. The van der Waals surface area contributed by atoms with Crippen LogP contribution in [0.1, 0.15) is 54.6 Å². The Kier molecular flexibility index (Phi) is 5.53. The zero-order valence-electron chi connectivity index (χ0n) is 15.2. The number of amides is 1. The van der Waals surface area contributed by atoms with Gasteiger partial charge in [-0.3, -0.25) is 9.89 Å². The number of hydrogen-bond acceptors (Lipinski definition) is 3. The molecule has 1 amide bonds. The molecule has 1 saturated carbocycles. The van der Waals surface area contributed by atoms with Gasteiger partial charge >= 0.3 is 0 Å². The maximum Gasteiger partial charge on any atom is 0.227 e. The van der Waals surface area contributed by atoms with Crippen LogP contribution in [0.25, 0.3) is 0 Å². The number of ether oxygens (including phenoxy) is 1. The Morgan fingerprint density at radius 1 is 1.32 bits per heavy atom. The maximum atomic E-state index is 12.7. The molecule has 0 aliphatic heterocycles. The summed E-state index contributed by atoms with van der Waals surface area (Å²) in [4.78, 5) is 12.7. The van der Waals surface area contributed by atoms with Crippen LogP contribution in [0.4, 0.5) is 0 Å². The predicted molar refractivity (Wildman–Crippen MR) is 97.3 cm³/mol. The second-order valence-electron chi connectivity index (χ2n) is 6.95. The normalized spacial score (nSPS) is 21.2. The summed E-state index contributed by atoms with van der Waals surface area (Å²) in [5, 5.41) is 10.4. The molecule has 0 bridgehead atoms. The first-order valence-corrected chi connectivity index (χ1v) is 9.03.